The fourth-order valence-electron chi connectivity index (χ4n) is 4.21. The van der Waals surface area contributed by atoms with Gasteiger partial charge in [0.05, 0.1) is 18.7 Å². The van der Waals surface area contributed by atoms with Crippen LogP contribution in [0.3, 0.4) is 0 Å². The van der Waals surface area contributed by atoms with Crippen LogP contribution >= 0.6 is 0 Å². The zero-order chi connectivity index (χ0) is 20.2. The Kier molecular flexibility index (Phi) is 5.69. The van der Waals surface area contributed by atoms with E-state index >= 15 is 0 Å². The Labute approximate surface area is 171 Å². The molecule has 6 nitrogen and oxygen atoms in total. The normalized spacial score (nSPS) is 19.6. The summed E-state index contributed by atoms with van der Waals surface area (Å²) in [7, 11) is 1.68. The topological polar surface area (TPSA) is 53.1 Å². The molecule has 1 unspecified atom stereocenters. The number of rotatable bonds is 5. The predicted octanol–water partition coefficient (Wildman–Crippen LogP) is 2.39. The molecule has 4 rings (SSSR count). The van der Waals surface area contributed by atoms with Gasteiger partial charge in [0.1, 0.15) is 5.75 Å². The number of benzene rings is 2. The Morgan fingerprint density at radius 2 is 1.69 bits per heavy atom. The van der Waals surface area contributed by atoms with E-state index in [4.69, 9.17) is 4.74 Å². The molecule has 2 fully saturated rings. The summed E-state index contributed by atoms with van der Waals surface area (Å²) in [4.78, 5) is 31.4. The first-order chi connectivity index (χ1) is 14.2. The third-order valence-electron chi connectivity index (χ3n) is 5.80. The minimum atomic E-state index is -0.232. The van der Waals surface area contributed by atoms with Crippen molar-refractivity contribution in [3.63, 3.8) is 0 Å². The van der Waals surface area contributed by atoms with Gasteiger partial charge >= 0.3 is 0 Å². The van der Waals surface area contributed by atoms with Crippen LogP contribution in [-0.4, -0.2) is 61.4 Å². The van der Waals surface area contributed by atoms with Crippen LogP contribution in [-0.2, 0) is 16.1 Å². The van der Waals surface area contributed by atoms with Gasteiger partial charge in [-0.3, -0.25) is 9.59 Å². The Morgan fingerprint density at radius 3 is 2.41 bits per heavy atom. The second kappa shape index (κ2) is 8.55. The minimum absolute atomic E-state index is 0.0693. The summed E-state index contributed by atoms with van der Waals surface area (Å²) in [5, 5.41) is 0. The van der Waals surface area contributed by atoms with Crippen LogP contribution in [0.5, 0.6) is 5.75 Å². The maximum absolute atomic E-state index is 13.0. The van der Waals surface area contributed by atoms with Crippen molar-refractivity contribution in [2.45, 2.75) is 13.0 Å². The standard InChI is InChI=1S/C23H27N3O3/c1-29-21-10-6-5-9-20(21)24-11-13-25(14-12-24)23(28)19-15-22(27)26(17-19)16-18-7-3-2-4-8-18/h2-10,19H,11-17H2,1H3. The van der Waals surface area contributed by atoms with Crippen LogP contribution < -0.4 is 9.64 Å². The summed E-state index contributed by atoms with van der Waals surface area (Å²) < 4.78 is 5.46. The number of hydrogen-bond acceptors (Lipinski definition) is 4. The van der Waals surface area contributed by atoms with Gasteiger partial charge in [0, 0.05) is 45.7 Å². The van der Waals surface area contributed by atoms with Crippen LogP contribution in [0.2, 0.25) is 0 Å². The van der Waals surface area contributed by atoms with Crippen molar-refractivity contribution in [1.29, 1.82) is 0 Å². The summed E-state index contributed by atoms with van der Waals surface area (Å²) >= 11 is 0. The van der Waals surface area contributed by atoms with Crippen LogP contribution in [0.4, 0.5) is 5.69 Å². The van der Waals surface area contributed by atoms with Gasteiger partial charge in [0.2, 0.25) is 11.8 Å². The van der Waals surface area contributed by atoms with Gasteiger partial charge in [-0.05, 0) is 17.7 Å². The van der Waals surface area contributed by atoms with Crippen molar-refractivity contribution in [1.82, 2.24) is 9.80 Å². The van der Waals surface area contributed by atoms with E-state index in [1.165, 1.54) is 0 Å². The third kappa shape index (κ3) is 4.21. The maximum Gasteiger partial charge on any atom is 0.228 e. The Hall–Kier alpha value is -3.02. The molecule has 6 heteroatoms. The largest absolute Gasteiger partial charge is 0.495 e. The van der Waals surface area contributed by atoms with Crippen molar-refractivity contribution in [2.24, 2.45) is 5.92 Å². The smallest absolute Gasteiger partial charge is 0.228 e. The molecule has 152 valence electrons. The van der Waals surface area contributed by atoms with Crippen LogP contribution in [0.1, 0.15) is 12.0 Å². The molecule has 2 aliphatic rings. The van der Waals surface area contributed by atoms with E-state index in [1.807, 2.05) is 64.4 Å². The van der Waals surface area contributed by atoms with E-state index < -0.39 is 0 Å². The molecule has 0 bridgehead atoms. The molecule has 2 aromatic rings. The van der Waals surface area contributed by atoms with Gasteiger partial charge < -0.3 is 19.4 Å². The van der Waals surface area contributed by atoms with E-state index in [-0.39, 0.29) is 17.7 Å². The zero-order valence-electron chi connectivity index (χ0n) is 16.8. The molecule has 0 aromatic heterocycles. The highest BCUT2D eigenvalue weighted by molar-refractivity contribution is 5.89. The number of anilines is 1. The van der Waals surface area contributed by atoms with Crippen molar-refractivity contribution < 1.29 is 14.3 Å². The molecule has 29 heavy (non-hydrogen) atoms. The molecule has 2 saturated heterocycles. The number of amides is 2. The molecule has 0 saturated carbocycles. The van der Waals surface area contributed by atoms with E-state index in [0.29, 0.717) is 32.6 Å². The summed E-state index contributed by atoms with van der Waals surface area (Å²) in [6, 6.07) is 17.9. The summed E-state index contributed by atoms with van der Waals surface area (Å²) in [5.74, 6) is 0.794. The predicted molar refractivity (Wildman–Crippen MR) is 112 cm³/mol. The Balaban J connectivity index is 1.33. The van der Waals surface area contributed by atoms with Gasteiger partial charge in [-0.2, -0.15) is 0 Å². The fourth-order valence-corrected chi connectivity index (χ4v) is 4.21. The monoisotopic (exact) mass is 393 g/mol. The lowest BCUT2D eigenvalue weighted by molar-refractivity contribution is -0.136. The summed E-state index contributed by atoms with van der Waals surface area (Å²) in [6.45, 7) is 3.95. The quantitative estimate of drug-likeness (QED) is 0.783. The SMILES string of the molecule is COc1ccccc1N1CCN(C(=O)C2CC(=O)N(Cc3ccccc3)C2)CC1. The molecule has 1 atom stereocenters. The molecular weight excluding hydrogens is 366 g/mol. The molecule has 0 aliphatic carbocycles. The van der Waals surface area contributed by atoms with E-state index in [9.17, 15) is 9.59 Å². The van der Waals surface area contributed by atoms with Crippen LogP contribution in [0.25, 0.3) is 0 Å². The second-order valence-electron chi connectivity index (χ2n) is 7.65. The van der Waals surface area contributed by atoms with Crippen LogP contribution in [0.15, 0.2) is 54.6 Å². The highest BCUT2D eigenvalue weighted by Gasteiger charge is 2.37. The molecule has 0 radical (unpaired) electrons. The Morgan fingerprint density at radius 1 is 1.00 bits per heavy atom. The van der Waals surface area contributed by atoms with Gasteiger partial charge in [0.25, 0.3) is 0 Å². The van der Waals surface area contributed by atoms with Crippen LogP contribution in [0, 0.1) is 5.92 Å². The number of piperazine rings is 1. The van der Waals surface area contributed by atoms with Crippen molar-refractivity contribution in [3.05, 3.63) is 60.2 Å². The van der Waals surface area contributed by atoms with Gasteiger partial charge in [-0.1, -0.05) is 42.5 Å². The highest BCUT2D eigenvalue weighted by Crippen LogP contribution is 2.29. The number of ether oxygens (including phenoxy) is 1. The van der Waals surface area contributed by atoms with E-state index in [1.54, 1.807) is 7.11 Å². The van der Waals surface area contributed by atoms with Crippen molar-refractivity contribution >= 4 is 17.5 Å². The number of nitrogens with zero attached hydrogens (tertiary/aromatic N) is 3. The molecule has 2 aromatic carbocycles. The first-order valence-electron chi connectivity index (χ1n) is 10.1. The number of methoxy groups -OCH3 is 1. The lowest BCUT2D eigenvalue weighted by Gasteiger charge is -2.37. The van der Waals surface area contributed by atoms with E-state index in [0.717, 1.165) is 30.1 Å². The molecule has 2 aliphatic heterocycles. The van der Waals surface area contributed by atoms with Crippen molar-refractivity contribution in [2.75, 3.05) is 44.7 Å². The summed E-state index contributed by atoms with van der Waals surface area (Å²) in [5.41, 5.74) is 2.16. The average molecular weight is 393 g/mol. The van der Waals surface area contributed by atoms with Gasteiger partial charge in [0.15, 0.2) is 0 Å². The second-order valence-corrected chi connectivity index (χ2v) is 7.65. The average Bonchev–Trinajstić information content (AvgIpc) is 3.14. The fraction of sp³-hybridized carbons (Fsp3) is 0.391. The molecule has 0 N–H and O–H groups in total. The molecule has 2 amide bonds. The number of para-hydroxylation sites is 2. The molecular formula is C23H27N3O3. The summed E-state index contributed by atoms with van der Waals surface area (Å²) in [6.07, 6.45) is 0.318. The number of carbonyl (C=O) groups excluding carboxylic acids is 2. The number of likely N-dealkylation sites (tertiary alicyclic amines) is 1. The number of carbonyl (C=O) groups is 2. The van der Waals surface area contributed by atoms with Crippen molar-refractivity contribution in [3.8, 4) is 5.75 Å². The first-order valence-corrected chi connectivity index (χ1v) is 10.1. The lowest BCUT2D eigenvalue weighted by Crippen LogP contribution is -2.50. The van der Waals surface area contributed by atoms with E-state index in [2.05, 4.69) is 4.90 Å². The highest BCUT2D eigenvalue weighted by atomic mass is 16.5. The molecule has 0 spiro atoms. The third-order valence-corrected chi connectivity index (χ3v) is 5.80. The molecule has 2 heterocycles. The van der Waals surface area contributed by atoms with Gasteiger partial charge in [-0.25, -0.2) is 0 Å². The lowest BCUT2D eigenvalue weighted by atomic mass is 10.1. The minimum Gasteiger partial charge on any atom is -0.495 e. The number of hydrogen-bond donors (Lipinski definition) is 0. The first kappa shape index (κ1) is 19.3. The maximum atomic E-state index is 13.0. The Bertz CT molecular complexity index is 863. The zero-order valence-corrected chi connectivity index (χ0v) is 16.8. The van der Waals surface area contributed by atoms with Gasteiger partial charge in [-0.15, -0.1) is 0 Å².